The summed E-state index contributed by atoms with van der Waals surface area (Å²) in [6.07, 6.45) is 5.18. The predicted octanol–water partition coefficient (Wildman–Crippen LogP) is 3.20. The first-order valence-electron chi connectivity index (χ1n) is 7.70. The van der Waals surface area contributed by atoms with Crippen LogP contribution in [0.5, 0.6) is 0 Å². The zero-order chi connectivity index (χ0) is 15.0. The summed E-state index contributed by atoms with van der Waals surface area (Å²) in [4.78, 5) is 25.8. The summed E-state index contributed by atoms with van der Waals surface area (Å²) in [5.74, 6) is -0.654. The number of nitrogens with zero attached hydrogens (tertiary/aromatic N) is 1. The summed E-state index contributed by atoms with van der Waals surface area (Å²) in [6.45, 7) is 3.28. The van der Waals surface area contributed by atoms with Crippen LogP contribution in [0.25, 0.3) is 0 Å². The molecule has 0 unspecified atom stereocenters. The maximum absolute atomic E-state index is 12.9. The Bertz CT molecular complexity index is 588. The second-order valence-corrected chi connectivity index (χ2v) is 6.29. The van der Waals surface area contributed by atoms with Gasteiger partial charge in [-0.3, -0.25) is 4.79 Å². The highest BCUT2D eigenvalue weighted by Gasteiger charge is 2.43. The van der Waals surface area contributed by atoms with Gasteiger partial charge in [0, 0.05) is 18.5 Å². The molecule has 0 aromatic heterocycles. The number of carbonyl (C=O) groups excluding carboxylic acids is 1. The maximum Gasteiger partial charge on any atom is 0.335 e. The van der Waals surface area contributed by atoms with Gasteiger partial charge in [0.05, 0.1) is 5.56 Å². The van der Waals surface area contributed by atoms with Crippen molar-refractivity contribution in [1.29, 1.82) is 0 Å². The normalized spacial score (nSPS) is 19.6. The molecule has 21 heavy (non-hydrogen) atoms. The van der Waals surface area contributed by atoms with Crippen molar-refractivity contribution in [3.8, 4) is 0 Å². The topological polar surface area (TPSA) is 57.6 Å². The second kappa shape index (κ2) is 5.17. The molecular formula is C17H21NO3. The Kier molecular flexibility index (Phi) is 3.47. The molecule has 1 aromatic rings. The third kappa shape index (κ3) is 2.33. The fourth-order valence-electron chi connectivity index (χ4n) is 3.78. The van der Waals surface area contributed by atoms with E-state index in [1.165, 1.54) is 0 Å². The van der Waals surface area contributed by atoms with Crippen LogP contribution in [0.4, 0.5) is 0 Å². The molecule has 1 N–H and O–H groups in total. The van der Waals surface area contributed by atoms with Gasteiger partial charge in [-0.15, -0.1) is 0 Å². The molecule has 0 atom stereocenters. The number of carboxylic acid groups (broad SMARTS) is 1. The van der Waals surface area contributed by atoms with Crippen LogP contribution in [0.3, 0.4) is 0 Å². The summed E-state index contributed by atoms with van der Waals surface area (Å²) in [5.41, 5.74) is 2.19. The minimum Gasteiger partial charge on any atom is -0.478 e. The molecule has 0 spiro atoms. The molecule has 1 saturated carbocycles. The van der Waals surface area contributed by atoms with Gasteiger partial charge in [-0.2, -0.15) is 0 Å². The summed E-state index contributed by atoms with van der Waals surface area (Å²) in [6, 6.07) is 5.18. The Balaban J connectivity index is 1.81. The number of hydrogen-bond acceptors (Lipinski definition) is 2. The molecule has 1 aromatic carbocycles. The number of rotatable bonds is 3. The standard InChI is InChI=1S/C17H21NO3/c1-2-17(7-3-4-8-17)16(21)18-10-13-6-5-12(15(19)20)9-14(13)11-18/h5-6,9H,2-4,7-8,10-11H2,1H3,(H,19,20). The molecule has 2 aliphatic rings. The molecule has 0 saturated heterocycles. The van der Waals surface area contributed by atoms with E-state index in [0.29, 0.717) is 18.7 Å². The van der Waals surface area contributed by atoms with Crippen molar-refractivity contribution in [2.24, 2.45) is 5.41 Å². The van der Waals surface area contributed by atoms with Crippen LogP contribution in [-0.2, 0) is 17.9 Å². The lowest BCUT2D eigenvalue weighted by Crippen LogP contribution is -2.39. The van der Waals surface area contributed by atoms with Crippen LogP contribution in [0.15, 0.2) is 18.2 Å². The summed E-state index contributed by atoms with van der Waals surface area (Å²) in [5, 5.41) is 9.06. The third-order valence-electron chi connectivity index (χ3n) is 5.15. The summed E-state index contributed by atoms with van der Waals surface area (Å²) >= 11 is 0. The van der Waals surface area contributed by atoms with Crippen LogP contribution in [0.2, 0.25) is 0 Å². The number of carbonyl (C=O) groups is 2. The van der Waals surface area contributed by atoms with E-state index in [1.807, 2.05) is 11.0 Å². The van der Waals surface area contributed by atoms with Gasteiger partial charge in [0.1, 0.15) is 0 Å². The van der Waals surface area contributed by atoms with Crippen molar-refractivity contribution >= 4 is 11.9 Å². The minimum absolute atomic E-state index is 0.169. The highest BCUT2D eigenvalue weighted by Crippen LogP contribution is 2.43. The first-order valence-corrected chi connectivity index (χ1v) is 7.70. The van der Waals surface area contributed by atoms with Gasteiger partial charge < -0.3 is 10.0 Å². The van der Waals surface area contributed by atoms with Crippen LogP contribution in [0.1, 0.15) is 60.5 Å². The number of hydrogen-bond donors (Lipinski definition) is 1. The van der Waals surface area contributed by atoms with Gasteiger partial charge in [-0.25, -0.2) is 4.79 Å². The van der Waals surface area contributed by atoms with Crippen LogP contribution in [0, 0.1) is 5.41 Å². The molecule has 3 rings (SSSR count). The molecule has 4 nitrogen and oxygen atoms in total. The summed E-state index contributed by atoms with van der Waals surface area (Å²) < 4.78 is 0. The third-order valence-corrected chi connectivity index (χ3v) is 5.15. The Labute approximate surface area is 124 Å². The average molecular weight is 287 g/mol. The SMILES string of the molecule is CCC1(C(=O)N2Cc3ccc(C(=O)O)cc3C2)CCCC1. The van der Waals surface area contributed by atoms with E-state index in [0.717, 1.165) is 43.2 Å². The van der Waals surface area contributed by atoms with Crippen molar-refractivity contribution in [3.05, 3.63) is 34.9 Å². The first-order chi connectivity index (χ1) is 10.1. The molecule has 0 bridgehead atoms. The first kappa shape index (κ1) is 14.1. The molecule has 112 valence electrons. The fraction of sp³-hybridized carbons (Fsp3) is 0.529. The number of benzene rings is 1. The Morgan fingerprint density at radius 3 is 2.48 bits per heavy atom. The second-order valence-electron chi connectivity index (χ2n) is 6.29. The molecule has 1 amide bonds. The van der Waals surface area contributed by atoms with Gasteiger partial charge in [-0.05, 0) is 42.5 Å². The highest BCUT2D eigenvalue weighted by atomic mass is 16.4. The zero-order valence-corrected chi connectivity index (χ0v) is 12.4. The molecular weight excluding hydrogens is 266 g/mol. The van der Waals surface area contributed by atoms with Crippen molar-refractivity contribution < 1.29 is 14.7 Å². The van der Waals surface area contributed by atoms with Gasteiger partial charge in [0.15, 0.2) is 0 Å². The number of amides is 1. The summed E-state index contributed by atoms with van der Waals surface area (Å²) in [7, 11) is 0. The fourth-order valence-corrected chi connectivity index (χ4v) is 3.78. The van der Waals surface area contributed by atoms with E-state index < -0.39 is 5.97 Å². The lowest BCUT2D eigenvalue weighted by atomic mass is 9.82. The van der Waals surface area contributed by atoms with E-state index >= 15 is 0 Å². The molecule has 1 aliphatic carbocycles. The van der Waals surface area contributed by atoms with Crippen LogP contribution in [-0.4, -0.2) is 21.9 Å². The maximum atomic E-state index is 12.9. The zero-order valence-electron chi connectivity index (χ0n) is 12.4. The molecule has 1 heterocycles. The van der Waals surface area contributed by atoms with Gasteiger partial charge >= 0.3 is 5.97 Å². The number of fused-ring (bicyclic) bond motifs is 1. The van der Waals surface area contributed by atoms with E-state index in [-0.39, 0.29) is 11.3 Å². The average Bonchev–Trinajstić information content (AvgIpc) is 3.12. The van der Waals surface area contributed by atoms with Gasteiger partial charge in [0.25, 0.3) is 0 Å². The van der Waals surface area contributed by atoms with Gasteiger partial charge in [0.2, 0.25) is 5.91 Å². The largest absolute Gasteiger partial charge is 0.478 e. The van der Waals surface area contributed by atoms with Gasteiger partial charge in [-0.1, -0.05) is 25.8 Å². The van der Waals surface area contributed by atoms with Crippen molar-refractivity contribution in [2.75, 3.05) is 0 Å². The molecule has 0 radical (unpaired) electrons. The Hall–Kier alpha value is -1.84. The van der Waals surface area contributed by atoms with E-state index in [4.69, 9.17) is 5.11 Å². The number of aromatic carboxylic acids is 1. The minimum atomic E-state index is -0.914. The van der Waals surface area contributed by atoms with E-state index in [9.17, 15) is 9.59 Å². The van der Waals surface area contributed by atoms with E-state index in [1.54, 1.807) is 12.1 Å². The van der Waals surface area contributed by atoms with E-state index in [2.05, 4.69) is 6.92 Å². The number of carboxylic acids is 1. The Morgan fingerprint density at radius 1 is 1.19 bits per heavy atom. The monoisotopic (exact) mass is 287 g/mol. The van der Waals surface area contributed by atoms with Crippen molar-refractivity contribution in [2.45, 2.75) is 52.1 Å². The van der Waals surface area contributed by atoms with Crippen LogP contribution >= 0.6 is 0 Å². The van der Waals surface area contributed by atoms with Crippen molar-refractivity contribution in [3.63, 3.8) is 0 Å². The lowest BCUT2D eigenvalue weighted by molar-refractivity contribution is -0.142. The van der Waals surface area contributed by atoms with Crippen LogP contribution < -0.4 is 0 Å². The quantitative estimate of drug-likeness (QED) is 0.928. The predicted molar refractivity (Wildman–Crippen MR) is 78.8 cm³/mol. The molecule has 1 fully saturated rings. The Morgan fingerprint density at radius 2 is 1.86 bits per heavy atom. The van der Waals surface area contributed by atoms with Crippen molar-refractivity contribution in [1.82, 2.24) is 4.90 Å². The molecule has 4 heteroatoms. The smallest absolute Gasteiger partial charge is 0.335 e. The lowest BCUT2D eigenvalue weighted by Gasteiger charge is -2.31. The molecule has 1 aliphatic heterocycles. The highest BCUT2D eigenvalue weighted by molar-refractivity contribution is 5.88.